The Morgan fingerprint density at radius 3 is 2.77 bits per heavy atom. The van der Waals surface area contributed by atoms with Crippen molar-refractivity contribution in [3.8, 4) is 6.07 Å². The van der Waals surface area contributed by atoms with Crippen molar-refractivity contribution in [2.75, 3.05) is 10.3 Å². The lowest BCUT2D eigenvalue weighted by atomic mass is 10.1. The first-order valence-corrected chi connectivity index (χ1v) is 9.30. The maximum absolute atomic E-state index is 12.7. The molecule has 6 nitrogen and oxygen atoms in total. The minimum Gasteiger partial charge on any atom is -0.311 e. The summed E-state index contributed by atoms with van der Waals surface area (Å²) < 4.78 is 0. The molecule has 7 heteroatoms. The number of para-hydroxylation sites is 1. The van der Waals surface area contributed by atoms with E-state index in [1.54, 1.807) is 12.1 Å². The quantitative estimate of drug-likeness (QED) is 0.907. The van der Waals surface area contributed by atoms with Gasteiger partial charge in [0.25, 0.3) is 5.91 Å². The summed E-state index contributed by atoms with van der Waals surface area (Å²) in [7, 11) is 0. The van der Waals surface area contributed by atoms with Crippen molar-refractivity contribution < 1.29 is 9.59 Å². The Bertz CT molecular complexity index is 956. The summed E-state index contributed by atoms with van der Waals surface area (Å²) in [5.41, 5.74) is 2.57. The van der Waals surface area contributed by atoms with Crippen molar-refractivity contribution in [2.24, 2.45) is 5.10 Å². The largest absolute Gasteiger partial charge is 0.311 e. The zero-order valence-corrected chi connectivity index (χ0v) is 14.8. The molecule has 4 rings (SSSR count). The van der Waals surface area contributed by atoms with E-state index >= 15 is 0 Å². The Kier molecular flexibility index (Phi) is 4.27. The smallest absolute Gasteiger partial charge is 0.272 e. The molecule has 26 heavy (non-hydrogen) atoms. The van der Waals surface area contributed by atoms with Crippen LogP contribution in [0.2, 0.25) is 0 Å². The number of carbonyl (C=O) groups is 2. The number of amides is 2. The van der Waals surface area contributed by atoms with Crippen molar-refractivity contribution in [1.82, 2.24) is 0 Å². The van der Waals surface area contributed by atoms with Gasteiger partial charge in [-0.05, 0) is 37.0 Å². The number of rotatable bonds is 3. The summed E-state index contributed by atoms with van der Waals surface area (Å²) in [5.74, 6) is -0.490. The van der Waals surface area contributed by atoms with E-state index in [0.717, 1.165) is 24.8 Å². The predicted molar refractivity (Wildman–Crippen MR) is 100 cm³/mol. The van der Waals surface area contributed by atoms with Crippen LogP contribution in [0.4, 0.5) is 10.7 Å². The maximum Gasteiger partial charge on any atom is 0.272 e. The number of thiophene rings is 1. The lowest BCUT2D eigenvalue weighted by Gasteiger charge is -2.23. The van der Waals surface area contributed by atoms with Gasteiger partial charge in [0.1, 0.15) is 16.8 Å². The monoisotopic (exact) mass is 364 g/mol. The molecule has 0 saturated carbocycles. The lowest BCUT2D eigenvalue weighted by molar-refractivity contribution is -0.118. The Morgan fingerprint density at radius 2 is 2.00 bits per heavy atom. The van der Waals surface area contributed by atoms with E-state index in [0.29, 0.717) is 28.4 Å². The van der Waals surface area contributed by atoms with Crippen LogP contribution in [-0.2, 0) is 22.4 Å². The highest BCUT2D eigenvalue weighted by Crippen LogP contribution is 2.38. The second-order valence-electron chi connectivity index (χ2n) is 6.22. The minimum atomic E-state index is -0.352. The molecule has 0 atom stereocenters. The van der Waals surface area contributed by atoms with Crippen LogP contribution in [0.3, 0.4) is 0 Å². The Hall–Kier alpha value is -2.98. The number of carbonyl (C=O) groups excluding carboxylic acids is 2. The minimum absolute atomic E-state index is 0.138. The van der Waals surface area contributed by atoms with Crippen LogP contribution in [0, 0.1) is 11.3 Å². The molecule has 130 valence electrons. The van der Waals surface area contributed by atoms with Crippen molar-refractivity contribution in [1.29, 1.82) is 5.26 Å². The number of nitrogens with one attached hydrogen (secondary N) is 1. The fourth-order valence-electron chi connectivity index (χ4n) is 3.27. The molecule has 1 aliphatic heterocycles. The van der Waals surface area contributed by atoms with Crippen LogP contribution in [0.25, 0.3) is 0 Å². The van der Waals surface area contributed by atoms with Gasteiger partial charge in [-0.25, -0.2) is 5.01 Å². The summed E-state index contributed by atoms with van der Waals surface area (Å²) in [6.45, 7) is 0. The zero-order chi connectivity index (χ0) is 18.1. The summed E-state index contributed by atoms with van der Waals surface area (Å²) >= 11 is 1.47. The van der Waals surface area contributed by atoms with Crippen LogP contribution in [0.15, 0.2) is 35.4 Å². The van der Waals surface area contributed by atoms with Gasteiger partial charge in [0.05, 0.1) is 11.3 Å². The molecule has 1 aliphatic carbocycles. The Morgan fingerprint density at radius 1 is 1.19 bits per heavy atom. The number of hydrazone groups is 1. The number of hydrogen-bond donors (Lipinski definition) is 1. The first kappa shape index (κ1) is 16.5. The number of aryl methyl sites for hydroxylation is 1. The number of benzene rings is 1. The van der Waals surface area contributed by atoms with Gasteiger partial charge < -0.3 is 5.32 Å². The molecule has 0 spiro atoms. The number of nitriles is 1. The standard InChI is InChI=1S/C19H16N4O2S/c20-11-14-13-7-4-8-16(13)26-19(14)21-18(25)15-9-10-17(24)23(22-15)12-5-2-1-3-6-12/h1-3,5-6H,4,7-10H2,(H,21,25). The third-order valence-electron chi connectivity index (χ3n) is 4.56. The molecule has 2 amide bonds. The predicted octanol–water partition coefficient (Wildman–Crippen LogP) is 3.23. The highest BCUT2D eigenvalue weighted by Gasteiger charge is 2.28. The fraction of sp³-hybridized carbons (Fsp3) is 0.263. The number of nitrogens with zero attached hydrogens (tertiary/aromatic N) is 3. The van der Waals surface area contributed by atoms with E-state index in [4.69, 9.17) is 0 Å². The van der Waals surface area contributed by atoms with Crippen LogP contribution in [0.5, 0.6) is 0 Å². The molecule has 0 bridgehead atoms. The first-order chi connectivity index (χ1) is 12.7. The Labute approximate surface area is 154 Å². The average Bonchev–Trinajstić information content (AvgIpc) is 3.23. The fourth-order valence-corrected chi connectivity index (χ4v) is 4.51. The van der Waals surface area contributed by atoms with Crippen molar-refractivity contribution in [3.63, 3.8) is 0 Å². The topological polar surface area (TPSA) is 85.6 Å². The van der Waals surface area contributed by atoms with Gasteiger partial charge in [0.2, 0.25) is 5.91 Å². The second-order valence-corrected chi connectivity index (χ2v) is 7.32. The van der Waals surface area contributed by atoms with Gasteiger partial charge in [-0.1, -0.05) is 18.2 Å². The van der Waals surface area contributed by atoms with Crippen LogP contribution in [-0.4, -0.2) is 17.5 Å². The summed E-state index contributed by atoms with van der Waals surface area (Å²) in [6, 6.07) is 11.3. The van der Waals surface area contributed by atoms with E-state index in [9.17, 15) is 14.9 Å². The number of anilines is 2. The molecule has 0 radical (unpaired) electrons. The highest BCUT2D eigenvalue weighted by molar-refractivity contribution is 7.16. The zero-order valence-electron chi connectivity index (χ0n) is 14.0. The summed E-state index contributed by atoms with van der Waals surface area (Å²) in [5, 5.41) is 18.4. The molecule has 0 saturated heterocycles. The second kappa shape index (κ2) is 6.73. The molecule has 2 heterocycles. The number of hydrogen-bond acceptors (Lipinski definition) is 5. The van der Waals surface area contributed by atoms with Crippen LogP contribution >= 0.6 is 11.3 Å². The van der Waals surface area contributed by atoms with Crippen LogP contribution < -0.4 is 10.3 Å². The van der Waals surface area contributed by atoms with Gasteiger partial charge >= 0.3 is 0 Å². The van der Waals surface area contributed by atoms with Gasteiger partial charge in [-0.2, -0.15) is 10.4 Å². The summed E-state index contributed by atoms with van der Waals surface area (Å²) in [6.07, 6.45) is 3.43. The van der Waals surface area contributed by atoms with Crippen molar-refractivity contribution in [2.45, 2.75) is 32.1 Å². The first-order valence-electron chi connectivity index (χ1n) is 8.49. The molecule has 1 aromatic carbocycles. The SMILES string of the molecule is N#Cc1c(NC(=O)C2=NN(c3ccccc3)C(=O)CC2)sc2c1CCC2. The molecule has 1 aromatic heterocycles. The lowest BCUT2D eigenvalue weighted by Crippen LogP contribution is -2.36. The molecule has 0 unspecified atom stereocenters. The molecule has 2 aliphatic rings. The third-order valence-corrected chi connectivity index (χ3v) is 5.76. The molecule has 2 aromatic rings. The van der Waals surface area contributed by atoms with Gasteiger partial charge in [0, 0.05) is 17.7 Å². The molecule has 1 N–H and O–H groups in total. The van der Waals surface area contributed by atoms with Crippen molar-refractivity contribution in [3.05, 3.63) is 46.3 Å². The maximum atomic E-state index is 12.7. The van der Waals surface area contributed by atoms with E-state index in [-0.39, 0.29) is 18.2 Å². The molecular formula is C19H16N4O2S. The molecular weight excluding hydrogens is 348 g/mol. The van der Waals surface area contributed by atoms with E-state index in [1.807, 2.05) is 18.2 Å². The summed E-state index contributed by atoms with van der Waals surface area (Å²) in [4.78, 5) is 26.0. The van der Waals surface area contributed by atoms with Gasteiger partial charge in [-0.3, -0.25) is 9.59 Å². The number of fused-ring (bicyclic) bond motifs is 1. The Balaban J connectivity index is 1.59. The van der Waals surface area contributed by atoms with Gasteiger partial charge in [-0.15, -0.1) is 11.3 Å². The van der Waals surface area contributed by atoms with Crippen LogP contribution in [0.1, 0.15) is 35.3 Å². The van der Waals surface area contributed by atoms with E-state index in [2.05, 4.69) is 16.5 Å². The van der Waals surface area contributed by atoms with E-state index < -0.39 is 0 Å². The average molecular weight is 364 g/mol. The highest BCUT2D eigenvalue weighted by atomic mass is 32.1. The van der Waals surface area contributed by atoms with Crippen molar-refractivity contribution >= 4 is 39.6 Å². The van der Waals surface area contributed by atoms with Gasteiger partial charge in [0.15, 0.2) is 0 Å². The molecule has 0 fully saturated rings. The normalized spacial score (nSPS) is 16.0. The van der Waals surface area contributed by atoms with E-state index in [1.165, 1.54) is 21.2 Å². The third kappa shape index (κ3) is 2.89.